The topological polar surface area (TPSA) is 32.9 Å². The van der Waals surface area contributed by atoms with Crippen LogP contribution in [0, 0.1) is 6.92 Å². The number of para-hydroxylation sites is 1. The van der Waals surface area contributed by atoms with Crippen molar-refractivity contribution in [3.8, 4) is 0 Å². The normalized spacial score (nSPS) is 10.0. The molecule has 2 nitrogen and oxygen atoms in total. The van der Waals surface area contributed by atoms with Gasteiger partial charge in [0, 0.05) is 11.2 Å². The number of rotatable bonds is 0. The van der Waals surface area contributed by atoms with Gasteiger partial charge in [-0.05, 0) is 58.2 Å². The van der Waals surface area contributed by atoms with Crippen molar-refractivity contribution in [3.05, 3.63) is 36.0 Å². The first kappa shape index (κ1) is 16.9. The molecule has 0 atom stereocenters. The van der Waals surface area contributed by atoms with Crippen molar-refractivity contribution in [2.45, 2.75) is 20.8 Å². The van der Waals surface area contributed by atoms with Crippen LogP contribution in [-0.4, -0.2) is 4.98 Å². The number of aryl methyl sites for hydroxylation is 1. The van der Waals surface area contributed by atoms with Crippen LogP contribution in [0.25, 0.3) is 10.9 Å². The molecule has 0 aliphatic carbocycles. The highest BCUT2D eigenvalue weighted by Crippen LogP contribution is 2.61. The summed E-state index contributed by atoms with van der Waals surface area (Å²) in [7, 11) is 0. The minimum Gasteiger partial charge on any atom is -0.359 e. The molecule has 96 valence electrons. The maximum absolute atomic E-state index is 9.51. The highest BCUT2D eigenvalue weighted by atomic mass is 36.0. The SMILES string of the molecule is CC.Cc1cc2ccccc2[nH]1.O=P(Cl)(Cl)Cl. The van der Waals surface area contributed by atoms with E-state index in [1.54, 1.807) is 0 Å². The van der Waals surface area contributed by atoms with Gasteiger partial charge in [-0.3, -0.25) is 4.57 Å². The first-order chi connectivity index (χ1) is 7.86. The Kier molecular flexibility index (Phi) is 7.98. The lowest BCUT2D eigenvalue weighted by Gasteiger charge is -1.83. The molecule has 0 spiro atoms. The van der Waals surface area contributed by atoms with Gasteiger partial charge < -0.3 is 4.98 Å². The lowest BCUT2D eigenvalue weighted by molar-refractivity contribution is 0.600. The summed E-state index contributed by atoms with van der Waals surface area (Å²) < 4.78 is 9.51. The van der Waals surface area contributed by atoms with E-state index in [2.05, 4.69) is 69.9 Å². The van der Waals surface area contributed by atoms with Gasteiger partial charge in [-0.15, -0.1) is 0 Å². The minimum atomic E-state index is -3.22. The summed E-state index contributed by atoms with van der Waals surface area (Å²) in [4.78, 5) is 3.26. The molecule has 2 rings (SSSR count). The predicted molar refractivity (Wildman–Crippen MR) is 79.5 cm³/mol. The molecular weight excluding hydrogens is 299 g/mol. The van der Waals surface area contributed by atoms with Crippen LogP contribution in [0.5, 0.6) is 0 Å². The Balaban J connectivity index is 0.000000315. The third-order valence-electron chi connectivity index (χ3n) is 1.66. The fourth-order valence-electron chi connectivity index (χ4n) is 1.22. The van der Waals surface area contributed by atoms with Gasteiger partial charge >= 0.3 is 5.20 Å². The Hall–Kier alpha value is -0.140. The van der Waals surface area contributed by atoms with E-state index in [0.717, 1.165) is 0 Å². The summed E-state index contributed by atoms with van der Waals surface area (Å²) in [6.45, 7) is 6.07. The Morgan fingerprint density at radius 3 is 2.06 bits per heavy atom. The number of hydrogen-bond acceptors (Lipinski definition) is 1. The van der Waals surface area contributed by atoms with Crippen molar-refractivity contribution in [1.29, 1.82) is 0 Å². The largest absolute Gasteiger partial charge is 0.359 e. The second-order valence-corrected chi connectivity index (χ2v) is 9.58. The summed E-state index contributed by atoms with van der Waals surface area (Å²) in [5, 5.41) is -1.93. The van der Waals surface area contributed by atoms with Crippen LogP contribution in [0.4, 0.5) is 0 Å². The monoisotopic (exact) mass is 313 g/mol. The maximum Gasteiger partial charge on any atom is 0.339 e. The zero-order chi connectivity index (χ0) is 13.5. The average Bonchev–Trinajstić information content (AvgIpc) is 2.58. The van der Waals surface area contributed by atoms with Crippen LogP contribution in [0.3, 0.4) is 0 Å². The van der Waals surface area contributed by atoms with Crippen molar-refractivity contribution < 1.29 is 4.57 Å². The van der Waals surface area contributed by atoms with E-state index in [1.807, 2.05) is 19.9 Å². The highest BCUT2D eigenvalue weighted by molar-refractivity contribution is 8.24. The molecule has 0 aliphatic heterocycles. The van der Waals surface area contributed by atoms with Gasteiger partial charge in [-0.2, -0.15) is 0 Å². The van der Waals surface area contributed by atoms with Crippen molar-refractivity contribution in [3.63, 3.8) is 0 Å². The first-order valence-corrected chi connectivity index (χ1v) is 9.52. The third kappa shape index (κ3) is 8.57. The van der Waals surface area contributed by atoms with E-state index in [1.165, 1.54) is 16.6 Å². The van der Waals surface area contributed by atoms with Crippen LogP contribution in [0.2, 0.25) is 0 Å². The van der Waals surface area contributed by atoms with Gasteiger partial charge in [0.2, 0.25) is 0 Å². The molecule has 0 amide bonds. The average molecular weight is 315 g/mol. The van der Waals surface area contributed by atoms with Crippen LogP contribution in [-0.2, 0) is 4.57 Å². The van der Waals surface area contributed by atoms with Gasteiger partial charge in [0.05, 0.1) is 0 Å². The van der Waals surface area contributed by atoms with Gasteiger partial charge in [-0.1, -0.05) is 32.0 Å². The van der Waals surface area contributed by atoms with Crippen molar-refractivity contribution in [1.82, 2.24) is 4.98 Å². The number of benzene rings is 1. The van der Waals surface area contributed by atoms with Crippen molar-refractivity contribution in [2.24, 2.45) is 0 Å². The zero-order valence-electron chi connectivity index (χ0n) is 9.88. The lowest BCUT2D eigenvalue weighted by Crippen LogP contribution is -1.65. The fourth-order valence-corrected chi connectivity index (χ4v) is 1.22. The van der Waals surface area contributed by atoms with Gasteiger partial charge in [-0.25, -0.2) is 0 Å². The number of nitrogens with one attached hydrogen (secondary N) is 1. The molecule has 17 heavy (non-hydrogen) atoms. The van der Waals surface area contributed by atoms with Crippen LogP contribution in [0.15, 0.2) is 30.3 Å². The number of aromatic amines is 1. The molecule has 6 heteroatoms. The number of fused-ring (bicyclic) bond motifs is 1. The molecule has 2 aromatic rings. The summed E-state index contributed by atoms with van der Waals surface area (Å²) in [6.07, 6.45) is 0. The molecule has 1 aromatic heterocycles. The first-order valence-electron chi connectivity index (χ1n) is 5.09. The standard InChI is InChI=1S/C9H9N.C2H6.Cl3OP/c1-7-6-8-4-2-3-5-9(8)10-7;1-2;1-5(2,3)4/h2-6,10H,1H3;1-2H3;. The maximum atomic E-state index is 9.51. The van der Waals surface area contributed by atoms with Crippen LogP contribution >= 0.6 is 38.9 Å². The zero-order valence-corrected chi connectivity index (χ0v) is 13.0. The lowest BCUT2D eigenvalue weighted by atomic mass is 10.2. The molecule has 0 saturated heterocycles. The molecule has 0 saturated carbocycles. The molecule has 1 N–H and O–H groups in total. The summed E-state index contributed by atoms with van der Waals surface area (Å²) in [6, 6.07) is 10.4. The smallest absolute Gasteiger partial charge is 0.339 e. The Labute approximate surface area is 116 Å². The van der Waals surface area contributed by atoms with E-state index < -0.39 is 5.20 Å². The molecule has 1 heterocycles. The molecule has 1 aromatic carbocycles. The van der Waals surface area contributed by atoms with Crippen LogP contribution in [0.1, 0.15) is 19.5 Å². The number of halogens is 3. The Morgan fingerprint density at radius 1 is 1.12 bits per heavy atom. The van der Waals surface area contributed by atoms with Crippen molar-refractivity contribution in [2.75, 3.05) is 0 Å². The molecule has 0 aliphatic rings. The van der Waals surface area contributed by atoms with Crippen molar-refractivity contribution >= 4 is 49.8 Å². The van der Waals surface area contributed by atoms with E-state index in [0.29, 0.717) is 0 Å². The summed E-state index contributed by atoms with van der Waals surface area (Å²) in [5.74, 6) is 0. The van der Waals surface area contributed by atoms with Gasteiger partial charge in [0.15, 0.2) is 0 Å². The van der Waals surface area contributed by atoms with Gasteiger partial charge in [0.1, 0.15) is 0 Å². The summed E-state index contributed by atoms with van der Waals surface area (Å²) in [5.41, 5.74) is 2.45. The highest BCUT2D eigenvalue weighted by Gasteiger charge is 2.02. The Bertz CT molecular complexity index is 451. The number of aromatic nitrogens is 1. The molecule has 0 fully saturated rings. The summed E-state index contributed by atoms with van der Waals surface area (Å²) >= 11 is 13.8. The molecule has 0 bridgehead atoms. The van der Waals surface area contributed by atoms with E-state index in [4.69, 9.17) is 0 Å². The van der Waals surface area contributed by atoms with Crippen LogP contribution < -0.4 is 0 Å². The second-order valence-electron chi connectivity index (χ2n) is 2.94. The van der Waals surface area contributed by atoms with E-state index in [9.17, 15) is 4.57 Å². The third-order valence-corrected chi connectivity index (χ3v) is 1.66. The second kappa shape index (κ2) is 8.05. The van der Waals surface area contributed by atoms with E-state index >= 15 is 0 Å². The Morgan fingerprint density at radius 2 is 1.59 bits per heavy atom. The van der Waals surface area contributed by atoms with Gasteiger partial charge in [0.25, 0.3) is 0 Å². The molecule has 0 radical (unpaired) electrons. The number of H-pyrrole nitrogens is 1. The molecular formula is C11H15Cl3NOP. The quantitative estimate of drug-likeness (QED) is 0.567. The minimum absolute atomic E-state index is 1.22. The predicted octanol–water partition coefficient (Wildman–Crippen LogP) is 6.31. The molecule has 0 unspecified atom stereocenters. The number of hydrogen-bond donors (Lipinski definition) is 1. The van der Waals surface area contributed by atoms with E-state index in [-0.39, 0.29) is 0 Å². The fraction of sp³-hybridized carbons (Fsp3) is 0.273.